The van der Waals surface area contributed by atoms with Crippen molar-refractivity contribution in [1.82, 2.24) is 20.1 Å². The molecular formula is C17H18FN5O3S. The molecule has 10 heteroatoms. The zero-order valence-corrected chi connectivity index (χ0v) is 15.6. The number of fused-ring (bicyclic) bond motifs is 1. The summed E-state index contributed by atoms with van der Waals surface area (Å²) in [4.78, 5) is 27.5. The van der Waals surface area contributed by atoms with Crippen molar-refractivity contribution < 1.29 is 18.7 Å². The number of urea groups is 1. The van der Waals surface area contributed by atoms with Gasteiger partial charge in [0.25, 0.3) is 0 Å². The molecule has 0 saturated carbocycles. The summed E-state index contributed by atoms with van der Waals surface area (Å²) in [6.07, 6.45) is 3.05. The molecule has 142 valence electrons. The second kappa shape index (κ2) is 8.12. The van der Waals surface area contributed by atoms with Crippen molar-refractivity contribution in [3.63, 3.8) is 0 Å². The molecule has 2 heterocycles. The number of rotatable bonds is 6. The second-order valence-electron chi connectivity index (χ2n) is 5.53. The van der Waals surface area contributed by atoms with Gasteiger partial charge in [-0.15, -0.1) is 0 Å². The fourth-order valence-corrected chi connectivity index (χ4v) is 3.32. The van der Waals surface area contributed by atoms with Crippen molar-refractivity contribution in [2.75, 3.05) is 18.5 Å². The van der Waals surface area contributed by atoms with Gasteiger partial charge in [-0.1, -0.05) is 11.3 Å². The van der Waals surface area contributed by atoms with Gasteiger partial charge in [0.1, 0.15) is 12.4 Å². The number of hydrogen-bond donors (Lipinski definition) is 2. The van der Waals surface area contributed by atoms with E-state index in [4.69, 9.17) is 4.74 Å². The summed E-state index contributed by atoms with van der Waals surface area (Å²) in [5.74, 6) is -0.852. The Labute approximate surface area is 158 Å². The van der Waals surface area contributed by atoms with Gasteiger partial charge in [0.15, 0.2) is 5.13 Å². The zero-order valence-electron chi connectivity index (χ0n) is 14.8. The molecule has 3 aromatic rings. The normalized spacial score (nSPS) is 10.8. The minimum atomic E-state index is -0.439. The van der Waals surface area contributed by atoms with Gasteiger partial charge in [-0.3, -0.25) is 14.8 Å². The van der Waals surface area contributed by atoms with E-state index in [1.54, 1.807) is 19.2 Å². The summed E-state index contributed by atoms with van der Waals surface area (Å²) >= 11 is 1.18. The van der Waals surface area contributed by atoms with E-state index in [2.05, 4.69) is 20.7 Å². The third kappa shape index (κ3) is 4.40. The Bertz CT molecular complexity index is 984. The molecule has 0 unspecified atom stereocenters. The summed E-state index contributed by atoms with van der Waals surface area (Å²) < 4.78 is 21.4. The fourth-order valence-electron chi connectivity index (χ4n) is 2.45. The third-order valence-corrected chi connectivity index (χ3v) is 4.51. The molecule has 8 nitrogen and oxygen atoms in total. The minimum Gasteiger partial charge on any atom is -0.465 e. The van der Waals surface area contributed by atoms with E-state index in [1.165, 1.54) is 28.3 Å². The Morgan fingerprint density at radius 3 is 2.89 bits per heavy atom. The highest BCUT2D eigenvalue weighted by molar-refractivity contribution is 7.22. The van der Waals surface area contributed by atoms with Crippen molar-refractivity contribution in [2.45, 2.75) is 20.4 Å². The van der Waals surface area contributed by atoms with Gasteiger partial charge in [-0.25, -0.2) is 14.2 Å². The van der Waals surface area contributed by atoms with Gasteiger partial charge in [-0.05, 0) is 26.0 Å². The van der Waals surface area contributed by atoms with Crippen LogP contribution >= 0.6 is 11.3 Å². The maximum absolute atomic E-state index is 14.5. The molecule has 2 aromatic heterocycles. The number of hydrogen-bond acceptors (Lipinski definition) is 6. The predicted molar refractivity (Wildman–Crippen MR) is 100 cm³/mol. The number of ether oxygens (including phenoxy) is 1. The molecule has 0 aliphatic rings. The van der Waals surface area contributed by atoms with E-state index in [0.29, 0.717) is 33.0 Å². The number of carbonyl (C=O) groups is 2. The molecule has 2 amide bonds. The Morgan fingerprint density at radius 2 is 2.15 bits per heavy atom. The minimum absolute atomic E-state index is 0.0466. The van der Waals surface area contributed by atoms with Crippen molar-refractivity contribution in [3.8, 4) is 11.1 Å². The van der Waals surface area contributed by atoms with Crippen LogP contribution < -0.4 is 10.6 Å². The van der Waals surface area contributed by atoms with E-state index in [0.717, 1.165) is 0 Å². The first-order valence-corrected chi connectivity index (χ1v) is 9.15. The van der Waals surface area contributed by atoms with E-state index in [1.807, 2.05) is 6.92 Å². The first-order valence-electron chi connectivity index (χ1n) is 8.33. The number of thiazole rings is 1. The first-order chi connectivity index (χ1) is 13.0. The lowest BCUT2D eigenvalue weighted by Gasteiger charge is -2.02. The van der Waals surface area contributed by atoms with Gasteiger partial charge < -0.3 is 10.1 Å². The number of aromatic nitrogens is 3. The van der Waals surface area contributed by atoms with Crippen LogP contribution in [0.1, 0.15) is 13.8 Å². The summed E-state index contributed by atoms with van der Waals surface area (Å²) in [5.41, 5.74) is 1.39. The summed E-state index contributed by atoms with van der Waals surface area (Å²) in [6, 6.07) is 2.60. The molecule has 2 N–H and O–H groups in total. The molecule has 0 radical (unpaired) electrons. The highest BCUT2D eigenvalue weighted by Crippen LogP contribution is 2.32. The van der Waals surface area contributed by atoms with Gasteiger partial charge >= 0.3 is 12.0 Å². The maximum Gasteiger partial charge on any atom is 0.327 e. The number of amides is 2. The first kappa shape index (κ1) is 18.8. The smallest absolute Gasteiger partial charge is 0.327 e. The quantitative estimate of drug-likeness (QED) is 0.630. The van der Waals surface area contributed by atoms with E-state index in [9.17, 15) is 14.0 Å². The standard InChI is InChI=1S/C17H18FN5O3S/c1-3-19-16(25)22-17-21-13-5-11(12(18)6-14(13)27-17)10-7-20-23(8-10)9-15(24)26-4-2/h5-8H,3-4,9H2,1-2H3,(H2,19,21,22,25). The molecule has 0 aliphatic carbocycles. The van der Waals surface area contributed by atoms with Crippen LogP contribution in [0.2, 0.25) is 0 Å². The van der Waals surface area contributed by atoms with Gasteiger partial charge in [0.2, 0.25) is 0 Å². The SMILES string of the molecule is CCNC(=O)Nc1nc2cc(-c3cnn(CC(=O)OCC)c3)c(F)cc2s1. The van der Waals surface area contributed by atoms with E-state index in [-0.39, 0.29) is 19.2 Å². The van der Waals surface area contributed by atoms with Gasteiger partial charge in [0.05, 0.1) is 23.0 Å². The Hall–Kier alpha value is -3.01. The molecule has 0 atom stereocenters. The van der Waals surface area contributed by atoms with E-state index >= 15 is 0 Å². The van der Waals surface area contributed by atoms with Crippen LogP contribution in [0.25, 0.3) is 21.3 Å². The van der Waals surface area contributed by atoms with Gasteiger partial charge in [-0.2, -0.15) is 5.10 Å². The Morgan fingerprint density at radius 1 is 1.33 bits per heavy atom. The van der Waals surface area contributed by atoms with Crippen molar-refractivity contribution in [1.29, 1.82) is 0 Å². The predicted octanol–water partition coefficient (Wildman–Crippen LogP) is 3.00. The summed E-state index contributed by atoms with van der Waals surface area (Å²) in [5, 5.41) is 9.67. The number of anilines is 1. The highest BCUT2D eigenvalue weighted by Gasteiger charge is 2.14. The van der Waals surface area contributed by atoms with Gasteiger partial charge in [0, 0.05) is 23.9 Å². The molecule has 0 bridgehead atoms. The van der Waals surface area contributed by atoms with Crippen molar-refractivity contribution in [3.05, 3.63) is 30.3 Å². The Kier molecular flexibility index (Phi) is 5.65. The number of benzene rings is 1. The van der Waals surface area contributed by atoms with Crippen LogP contribution in [-0.4, -0.2) is 39.9 Å². The molecule has 0 spiro atoms. The molecule has 0 aliphatic heterocycles. The highest BCUT2D eigenvalue weighted by atomic mass is 32.1. The van der Waals surface area contributed by atoms with Crippen LogP contribution in [0.15, 0.2) is 24.5 Å². The fraction of sp³-hybridized carbons (Fsp3) is 0.294. The van der Waals surface area contributed by atoms with Crippen LogP contribution in [-0.2, 0) is 16.1 Å². The number of halogens is 1. The number of esters is 1. The molecule has 1 aromatic carbocycles. The average Bonchev–Trinajstić information content (AvgIpc) is 3.20. The zero-order chi connectivity index (χ0) is 19.4. The third-order valence-electron chi connectivity index (χ3n) is 3.58. The van der Waals surface area contributed by atoms with Crippen LogP contribution in [0, 0.1) is 5.82 Å². The lowest BCUT2D eigenvalue weighted by molar-refractivity contribution is -0.144. The van der Waals surface area contributed by atoms with Crippen LogP contribution in [0.5, 0.6) is 0 Å². The van der Waals surface area contributed by atoms with Crippen LogP contribution in [0.3, 0.4) is 0 Å². The van der Waals surface area contributed by atoms with E-state index < -0.39 is 11.8 Å². The van der Waals surface area contributed by atoms with Crippen LogP contribution in [0.4, 0.5) is 14.3 Å². The topological polar surface area (TPSA) is 98.1 Å². The largest absolute Gasteiger partial charge is 0.465 e. The summed E-state index contributed by atoms with van der Waals surface area (Å²) in [6.45, 7) is 4.26. The second-order valence-corrected chi connectivity index (χ2v) is 6.57. The molecule has 27 heavy (non-hydrogen) atoms. The molecule has 3 rings (SSSR count). The number of nitrogens with one attached hydrogen (secondary N) is 2. The maximum atomic E-state index is 14.5. The number of nitrogens with zero attached hydrogens (tertiary/aromatic N) is 3. The molecule has 0 saturated heterocycles. The van der Waals surface area contributed by atoms with Crippen molar-refractivity contribution in [2.24, 2.45) is 0 Å². The molecular weight excluding hydrogens is 373 g/mol. The monoisotopic (exact) mass is 391 g/mol. The average molecular weight is 391 g/mol. The molecule has 0 fully saturated rings. The lowest BCUT2D eigenvalue weighted by atomic mass is 10.1. The number of carbonyl (C=O) groups excluding carboxylic acids is 2. The van der Waals surface area contributed by atoms with Crippen molar-refractivity contribution >= 4 is 38.7 Å². The summed E-state index contributed by atoms with van der Waals surface area (Å²) in [7, 11) is 0. The lowest BCUT2D eigenvalue weighted by Crippen LogP contribution is -2.28. The Balaban J connectivity index is 1.84.